The molecule has 116 valence electrons. The fourth-order valence-corrected chi connectivity index (χ4v) is 3.19. The molecule has 0 saturated carbocycles. The number of aromatic hydroxyl groups is 1. The summed E-state index contributed by atoms with van der Waals surface area (Å²) in [5, 5.41) is 13.4. The second-order valence-corrected chi connectivity index (χ2v) is 5.71. The first-order valence-corrected chi connectivity index (χ1v) is 7.50. The van der Waals surface area contributed by atoms with Gasteiger partial charge in [-0.05, 0) is 43.0 Å². The van der Waals surface area contributed by atoms with E-state index in [0.717, 1.165) is 24.0 Å². The summed E-state index contributed by atoms with van der Waals surface area (Å²) in [6, 6.07) is 10.5. The van der Waals surface area contributed by atoms with Gasteiger partial charge in [0.05, 0.1) is 7.11 Å². The van der Waals surface area contributed by atoms with Crippen LogP contribution in [-0.4, -0.2) is 12.2 Å². The van der Waals surface area contributed by atoms with Crippen molar-refractivity contribution < 1.29 is 14.2 Å². The van der Waals surface area contributed by atoms with Crippen molar-refractivity contribution in [2.75, 3.05) is 7.11 Å². The van der Waals surface area contributed by atoms with Crippen LogP contribution in [0.5, 0.6) is 11.5 Å². The molecule has 2 unspecified atom stereocenters. The van der Waals surface area contributed by atoms with Crippen molar-refractivity contribution in [3.8, 4) is 11.5 Å². The Morgan fingerprint density at radius 3 is 2.86 bits per heavy atom. The number of halogens is 1. The van der Waals surface area contributed by atoms with Crippen LogP contribution in [0.2, 0.25) is 0 Å². The van der Waals surface area contributed by atoms with E-state index in [0.29, 0.717) is 17.1 Å². The first-order valence-electron chi connectivity index (χ1n) is 7.50. The lowest BCUT2D eigenvalue weighted by atomic mass is 10.0. The molecule has 4 heteroatoms. The number of ether oxygens (including phenoxy) is 1. The van der Waals surface area contributed by atoms with Crippen LogP contribution >= 0.6 is 0 Å². The van der Waals surface area contributed by atoms with E-state index >= 15 is 0 Å². The normalized spacial score (nSPS) is 18.0. The molecule has 0 aromatic heterocycles. The molecule has 2 atom stereocenters. The van der Waals surface area contributed by atoms with Crippen LogP contribution < -0.4 is 10.1 Å². The molecule has 2 aromatic carbocycles. The number of benzene rings is 2. The topological polar surface area (TPSA) is 41.5 Å². The fourth-order valence-electron chi connectivity index (χ4n) is 3.19. The standard InChI is InChI=1S/C18H20FNO2/c1-11(13-7-6-12(22-2)10-16(13)19)20-17-9-8-15-14(17)4-3-5-18(15)21/h3-7,10-11,17,20-21H,8-9H2,1-2H3. The summed E-state index contributed by atoms with van der Waals surface area (Å²) in [6.45, 7) is 1.95. The molecule has 3 rings (SSSR count). The van der Waals surface area contributed by atoms with Crippen molar-refractivity contribution in [3.63, 3.8) is 0 Å². The molecule has 1 aliphatic carbocycles. The highest BCUT2D eigenvalue weighted by Gasteiger charge is 2.26. The van der Waals surface area contributed by atoms with E-state index in [4.69, 9.17) is 4.74 Å². The third-order valence-corrected chi connectivity index (χ3v) is 4.37. The van der Waals surface area contributed by atoms with Crippen molar-refractivity contribution in [2.24, 2.45) is 0 Å². The maximum absolute atomic E-state index is 14.2. The van der Waals surface area contributed by atoms with Gasteiger partial charge in [0, 0.05) is 23.7 Å². The van der Waals surface area contributed by atoms with E-state index in [1.165, 1.54) is 13.2 Å². The maximum atomic E-state index is 14.2. The van der Waals surface area contributed by atoms with Crippen LogP contribution in [0.25, 0.3) is 0 Å². The Morgan fingerprint density at radius 2 is 2.14 bits per heavy atom. The van der Waals surface area contributed by atoms with Crippen LogP contribution in [0.3, 0.4) is 0 Å². The summed E-state index contributed by atoms with van der Waals surface area (Å²) in [7, 11) is 1.53. The van der Waals surface area contributed by atoms with Gasteiger partial charge in [0.1, 0.15) is 17.3 Å². The predicted octanol–water partition coefficient (Wildman–Crippen LogP) is 3.88. The van der Waals surface area contributed by atoms with Crippen molar-refractivity contribution in [1.82, 2.24) is 5.32 Å². The minimum absolute atomic E-state index is 0.121. The molecule has 0 spiro atoms. The monoisotopic (exact) mass is 301 g/mol. The van der Waals surface area contributed by atoms with Gasteiger partial charge in [0.2, 0.25) is 0 Å². The number of hydrogen-bond acceptors (Lipinski definition) is 3. The van der Waals surface area contributed by atoms with Gasteiger partial charge in [-0.1, -0.05) is 18.2 Å². The average molecular weight is 301 g/mol. The second-order valence-electron chi connectivity index (χ2n) is 5.71. The number of phenolic OH excluding ortho intramolecular Hbond substituents is 1. The molecule has 3 nitrogen and oxygen atoms in total. The summed E-state index contributed by atoms with van der Waals surface area (Å²) in [5.74, 6) is 0.600. The van der Waals surface area contributed by atoms with Crippen LogP contribution in [0, 0.1) is 5.82 Å². The van der Waals surface area contributed by atoms with Gasteiger partial charge in [0.15, 0.2) is 0 Å². The molecule has 0 aliphatic heterocycles. The molecule has 0 bridgehead atoms. The second kappa shape index (κ2) is 5.97. The Hall–Kier alpha value is -2.07. The third kappa shape index (κ3) is 2.66. The molecule has 2 N–H and O–H groups in total. The highest BCUT2D eigenvalue weighted by molar-refractivity contribution is 5.44. The number of nitrogens with one attached hydrogen (secondary N) is 1. The largest absolute Gasteiger partial charge is 0.508 e. The highest BCUT2D eigenvalue weighted by Crippen LogP contribution is 2.37. The summed E-state index contributed by atoms with van der Waals surface area (Å²) in [4.78, 5) is 0. The van der Waals surface area contributed by atoms with E-state index in [-0.39, 0.29) is 17.9 Å². The zero-order chi connectivity index (χ0) is 15.7. The van der Waals surface area contributed by atoms with E-state index in [9.17, 15) is 9.50 Å². The first-order chi connectivity index (χ1) is 10.6. The lowest BCUT2D eigenvalue weighted by Crippen LogP contribution is -2.23. The number of rotatable bonds is 4. The predicted molar refractivity (Wildman–Crippen MR) is 83.7 cm³/mol. The van der Waals surface area contributed by atoms with Gasteiger partial charge in [-0.3, -0.25) is 0 Å². The highest BCUT2D eigenvalue weighted by atomic mass is 19.1. The Labute approximate surface area is 129 Å². The van der Waals surface area contributed by atoms with Crippen molar-refractivity contribution in [3.05, 3.63) is 58.9 Å². The molecule has 0 fully saturated rings. The van der Waals surface area contributed by atoms with E-state index in [1.807, 2.05) is 19.1 Å². The SMILES string of the molecule is COc1ccc(C(C)NC2CCc3c(O)cccc32)c(F)c1. The van der Waals surface area contributed by atoms with Gasteiger partial charge in [0.25, 0.3) is 0 Å². The van der Waals surface area contributed by atoms with Crippen LogP contribution in [-0.2, 0) is 6.42 Å². The Bertz CT molecular complexity index is 687. The van der Waals surface area contributed by atoms with E-state index in [1.54, 1.807) is 18.2 Å². The van der Waals surface area contributed by atoms with Gasteiger partial charge >= 0.3 is 0 Å². The number of phenols is 1. The summed E-state index contributed by atoms with van der Waals surface area (Å²) < 4.78 is 19.2. The lowest BCUT2D eigenvalue weighted by Gasteiger charge is -2.21. The third-order valence-electron chi connectivity index (χ3n) is 4.37. The Balaban J connectivity index is 1.79. The molecule has 0 saturated heterocycles. The number of hydrogen-bond donors (Lipinski definition) is 2. The van der Waals surface area contributed by atoms with Crippen molar-refractivity contribution in [1.29, 1.82) is 0 Å². The van der Waals surface area contributed by atoms with Gasteiger partial charge in [-0.15, -0.1) is 0 Å². The molecule has 22 heavy (non-hydrogen) atoms. The number of methoxy groups -OCH3 is 1. The summed E-state index contributed by atoms with van der Waals surface area (Å²) >= 11 is 0. The Kier molecular flexibility index (Phi) is 4.03. The minimum atomic E-state index is -0.270. The molecule has 0 heterocycles. The molecular formula is C18H20FNO2. The first kappa shape index (κ1) is 14.9. The quantitative estimate of drug-likeness (QED) is 0.900. The van der Waals surface area contributed by atoms with Crippen LogP contribution in [0.15, 0.2) is 36.4 Å². The van der Waals surface area contributed by atoms with Crippen LogP contribution in [0.1, 0.15) is 42.1 Å². The Morgan fingerprint density at radius 1 is 1.32 bits per heavy atom. The number of fused-ring (bicyclic) bond motifs is 1. The van der Waals surface area contributed by atoms with E-state index < -0.39 is 0 Å². The average Bonchev–Trinajstić information content (AvgIpc) is 2.91. The van der Waals surface area contributed by atoms with Crippen molar-refractivity contribution in [2.45, 2.75) is 31.8 Å². The minimum Gasteiger partial charge on any atom is -0.508 e. The van der Waals surface area contributed by atoms with Crippen molar-refractivity contribution >= 4 is 0 Å². The molecule has 1 aliphatic rings. The molecular weight excluding hydrogens is 281 g/mol. The van der Waals surface area contributed by atoms with E-state index in [2.05, 4.69) is 5.32 Å². The molecule has 0 radical (unpaired) electrons. The zero-order valence-corrected chi connectivity index (χ0v) is 12.8. The van der Waals surface area contributed by atoms with Gasteiger partial charge < -0.3 is 15.2 Å². The lowest BCUT2D eigenvalue weighted by molar-refractivity contribution is 0.407. The van der Waals surface area contributed by atoms with Gasteiger partial charge in [-0.25, -0.2) is 4.39 Å². The molecule has 2 aromatic rings. The molecule has 0 amide bonds. The van der Waals surface area contributed by atoms with Crippen LogP contribution in [0.4, 0.5) is 4.39 Å². The summed E-state index contributed by atoms with van der Waals surface area (Å²) in [6.07, 6.45) is 1.76. The summed E-state index contributed by atoms with van der Waals surface area (Å²) in [5.41, 5.74) is 2.73. The zero-order valence-electron chi connectivity index (χ0n) is 12.8. The fraction of sp³-hybridized carbons (Fsp3) is 0.333. The maximum Gasteiger partial charge on any atom is 0.131 e. The smallest absolute Gasteiger partial charge is 0.131 e. The van der Waals surface area contributed by atoms with Gasteiger partial charge in [-0.2, -0.15) is 0 Å².